The van der Waals surface area contributed by atoms with Gasteiger partial charge in [-0.15, -0.1) is 0 Å². The Kier molecular flexibility index (Phi) is 9.81. The summed E-state index contributed by atoms with van der Waals surface area (Å²) in [4.78, 5) is 23.3. The molecule has 0 saturated heterocycles. The van der Waals surface area contributed by atoms with Crippen molar-refractivity contribution in [2.24, 2.45) is 11.8 Å². The highest BCUT2D eigenvalue weighted by Gasteiger charge is 2.39. The Balaban J connectivity index is 2.52. The summed E-state index contributed by atoms with van der Waals surface area (Å²) < 4.78 is 10.8. The first-order valence-corrected chi connectivity index (χ1v) is 13.1. The molecule has 1 aliphatic carbocycles. The van der Waals surface area contributed by atoms with Gasteiger partial charge in [-0.3, -0.25) is 9.59 Å². The molecule has 0 unspecified atom stereocenters. The predicted molar refractivity (Wildman–Crippen MR) is 115 cm³/mol. The molecule has 6 heteroatoms. The molecule has 0 heterocycles. The average molecular weight is 411 g/mol. The maximum Gasteiger partial charge on any atom is 0.305 e. The maximum atomic E-state index is 12.3. The van der Waals surface area contributed by atoms with Crippen LogP contribution < -0.4 is 0 Å². The summed E-state index contributed by atoms with van der Waals surface area (Å²) in [6.07, 6.45) is 10.0. The molecule has 1 N–H and O–H groups in total. The van der Waals surface area contributed by atoms with Crippen LogP contribution in [0.3, 0.4) is 0 Å². The number of ketones is 1. The minimum Gasteiger partial charge on any atom is -0.469 e. The first kappa shape index (κ1) is 24.8. The average Bonchev–Trinajstić information content (AvgIpc) is 2.86. The van der Waals surface area contributed by atoms with Gasteiger partial charge in [0.25, 0.3) is 0 Å². The number of carbonyl (C=O) groups is 2. The fourth-order valence-electron chi connectivity index (χ4n) is 3.04. The number of allylic oxidation sites excluding steroid dienone is 2. The molecule has 0 spiro atoms. The van der Waals surface area contributed by atoms with E-state index in [9.17, 15) is 14.7 Å². The standard InChI is InChI=1S/C22H38O5Si/c1-22(2,3)28(5,6)27-15-11-13-18-17(19(23)16-20(18)24)12-9-7-8-10-14-21(25)26-4/h7,9,11,13,17-18,20,24H,8,10,12,14-16H2,1-6H3/b9-7-,13-11+/t17-,18-,20-/m1/s1. The van der Waals surface area contributed by atoms with Gasteiger partial charge in [0.05, 0.1) is 19.8 Å². The lowest BCUT2D eigenvalue weighted by Gasteiger charge is -2.35. The molecule has 5 nitrogen and oxygen atoms in total. The molecule has 0 bridgehead atoms. The van der Waals surface area contributed by atoms with E-state index in [-0.39, 0.29) is 35.0 Å². The molecule has 3 atom stereocenters. The third-order valence-electron chi connectivity index (χ3n) is 5.97. The Labute approximate surface area is 171 Å². The number of ether oxygens (including phenoxy) is 1. The minimum absolute atomic E-state index is 0.117. The van der Waals surface area contributed by atoms with Gasteiger partial charge in [-0.05, 0) is 37.4 Å². The van der Waals surface area contributed by atoms with E-state index in [0.29, 0.717) is 19.4 Å². The number of rotatable bonds is 10. The molecule has 160 valence electrons. The second kappa shape index (κ2) is 11.1. The Morgan fingerprint density at radius 2 is 1.93 bits per heavy atom. The summed E-state index contributed by atoms with van der Waals surface area (Å²) in [7, 11) is -0.410. The van der Waals surface area contributed by atoms with Crippen molar-refractivity contribution in [3.63, 3.8) is 0 Å². The zero-order chi connectivity index (χ0) is 21.4. The van der Waals surface area contributed by atoms with Crippen molar-refractivity contribution < 1.29 is 23.9 Å². The fraction of sp³-hybridized carbons (Fsp3) is 0.727. The molecule has 0 aromatic carbocycles. The van der Waals surface area contributed by atoms with Crippen molar-refractivity contribution in [2.75, 3.05) is 13.7 Å². The van der Waals surface area contributed by atoms with Crippen LogP contribution in [0.1, 0.15) is 52.9 Å². The van der Waals surface area contributed by atoms with E-state index < -0.39 is 14.4 Å². The first-order valence-electron chi connectivity index (χ1n) is 10.2. The molecule has 0 aliphatic heterocycles. The summed E-state index contributed by atoms with van der Waals surface area (Å²) in [5.74, 6) is -0.425. The van der Waals surface area contributed by atoms with Crippen LogP contribution in [0.25, 0.3) is 0 Å². The highest BCUT2D eigenvalue weighted by molar-refractivity contribution is 6.74. The zero-order valence-electron chi connectivity index (χ0n) is 18.4. The largest absolute Gasteiger partial charge is 0.469 e. The molecule has 0 aromatic rings. The second-order valence-corrected chi connectivity index (χ2v) is 13.9. The molecule has 0 aromatic heterocycles. The van der Waals surface area contributed by atoms with Crippen LogP contribution in [-0.4, -0.2) is 45.0 Å². The summed E-state index contributed by atoms with van der Waals surface area (Å²) in [5, 5.41) is 10.4. The lowest BCUT2D eigenvalue weighted by Crippen LogP contribution is -2.40. The van der Waals surface area contributed by atoms with Gasteiger partial charge in [0.15, 0.2) is 8.32 Å². The second-order valence-electron chi connectivity index (χ2n) is 9.10. The summed E-state index contributed by atoms with van der Waals surface area (Å²) in [6.45, 7) is 11.6. The molecule has 1 aliphatic rings. The quantitative estimate of drug-likeness (QED) is 0.250. The summed E-state index contributed by atoms with van der Waals surface area (Å²) in [5.41, 5.74) is 0. The van der Waals surface area contributed by atoms with E-state index in [4.69, 9.17) is 4.43 Å². The zero-order valence-corrected chi connectivity index (χ0v) is 19.4. The number of hydrogen-bond donors (Lipinski definition) is 1. The molecule has 1 fully saturated rings. The number of hydrogen-bond acceptors (Lipinski definition) is 5. The number of esters is 1. The van der Waals surface area contributed by atoms with Gasteiger partial charge in [-0.2, -0.15) is 0 Å². The molecular weight excluding hydrogens is 372 g/mol. The van der Waals surface area contributed by atoms with Gasteiger partial charge in [0.2, 0.25) is 0 Å². The maximum absolute atomic E-state index is 12.3. The van der Waals surface area contributed by atoms with Crippen LogP contribution in [0.2, 0.25) is 18.1 Å². The third-order valence-corrected chi connectivity index (χ3v) is 10.5. The van der Waals surface area contributed by atoms with Crippen LogP contribution in [0, 0.1) is 11.8 Å². The van der Waals surface area contributed by atoms with Crippen molar-refractivity contribution >= 4 is 20.1 Å². The Morgan fingerprint density at radius 3 is 2.54 bits per heavy atom. The van der Waals surface area contributed by atoms with Crippen LogP contribution in [0.15, 0.2) is 24.3 Å². The van der Waals surface area contributed by atoms with E-state index in [1.165, 1.54) is 7.11 Å². The molecule has 28 heavy (non-hydrogen) atoms. The van der Waals surface area contributed by atoms with Gasteiger partial charge in [0.1, 0.15) is 5.78 Å². The number of aliphatic hydroxyl groups is 1. The van der Waals surface area contributed by atoms with E-state index in [1.807, 2.05) is 24.3 Å². The molecule has 0 amide bonds. The van der Waals surface area contributed by atoms with Crippen molar-refractivity contribution in [2.45, 2.75) is 77.1 Å². The summed E-state index contributed by atoms with van der Waals surface area (Å²) >= 11 is 0. The van der Waals surface area contributed by atoms with E-state index in [2.05, 4.69) is 38.6 Å². The Bertz CT molecular complexity index is 574. The lowest BCUT2D eigenvalue weighted by atomic mass is 9.90. The van der Waals surface area contributed by atoms with Gasteiger partial charge in [-0.25, -0.2) is 0 Å². The van der Waals surface area contributed by atoms with Crippen LogP contribution in [0.5, 0.6) is 0 Å². The molecule has 1 saturated carbocycles. The van der Waals surface area contributed by atoms with Crippen LogP contribution >= 0.6 is 0 Å². The van der Waals surface area contributed by atoms with Crippen LogP contribution in [0.4, 0.5) is 0 Å². The summed E-state index contributed by atoms with van der Waals surface area (Å²) in [6, 6.07) is 0. The highest BCUT2D eigenvalue weighted by atomic mass is 28.4. The Hall–Kier alpha value is -1.24. The SMILES string of the molecule is COC(=O)CCC/C=C\C[C@H]1C(=O)C[C@@H](O)[C@@H]1/C=C/CO[Si](C)(C)C(C)(C)C. The van der Waals surface area contributed by atoms with Crippen molar-refractivity contribution in [3.8, 4) is 0 Å². The van der Waals surface area contributed by atoms with Gasteiger partial charge >= 0.3 is 5.97 Å². The first-order chi connectivity index (χ1) is 13.0. The molecule has 0 radical (unpaired) electrons. The Morgan fingerprint density at radius 1 is 1.25 bits per heavy atom. The van der Waals surface area contributed by atoms with Crippen molar-refractivity contribution in [1.29, 1.82) is 0 Å². The van der Waals surface area contributed by atoms with E-state index in [1.54, 1.807) is 0 Å². The van der Waals surface area contributed by atoms with E-state index >= 15 is 0 Å². The lowest BCUT2D eigenvalue weighted by molar-refractivity contribution is -0.140. The third kappa shape index (κ3) is 7.64. The van der Waals surface area contributed by atoms with Gasteiger partial charge in [0, 0.05) is 24.7 Å². The minimum atomic E-state index is -1.80. The smallest absolute Gasteiger partial charge is 0.305 e. The van der Waals surface area contributed by atoms with E-state index in [0.717, 1.165) is 12.8 Å². The molecular formula is C22H38O5Si. The fourth-order valence-corrected chi connectivity index (χ4v) is 3.99. The van der Waals surface area contributed by atoms with Gasteiger partial charge in [-0.1, -0.05) is 45.1 Å². The number of Topliss-reactive ketones (excluding diaryl/α,β-unsaturated/α-hetero) is 1. The normalized spacial score (nSPS) is 23.8. The number of aliphatic hydroxyl groups excluding tert-OH is 1. The number of unbranched alkanes of at least 4 members (excludes halogenated alkanes) is 1. The predicted octanol–water partition coefficient (Wildman–Crippen LogP) is 4.42. The van der Waals surface area contributed by atoms with Crippen molar-refractivity contribution in [1.82, 2.24) is 0 Å². The highest BCUT2D eigenvalue weighted by Crippen LogP contribution is 2.37. The topological polar surface area (TPSA) is 72.8 Å². The monoisotopic (exact) mass is 410 g/mol. The number of carbonyl (C=O) groups excluding carboxylic acids is 2. The number of methoxy groups -OCH3 is 1. The van der Waals surface area contributed by atoms with Crippen molar-refractivity contribution in [3.05, 3.63) is 24.3 Å². The van der Waals surface area contributed by atoms with Crippen LogP contribution in [-0.2, 0) is 18.8 Å². The van der Waals surface area contributed by atoms with Gasteiger partial charge < -0.3 is 14.3 Å². The molecule has 1 rings (SSSR count).